The second-order valence-electron chi connectivity index (χ2n) is 3.71. The average molecular weight is 347 g/mol. The molecule has 0 aromatic carbocycles. The van der Waals surface area contributed by atoms with Crippen LogP contribution >= 0.6 is 58.6 Å². The summed E-state index contributed by atoms with van der Waals surface area (Å²) in [6.45, 7) is 4.20. The van der Waals surface area contributed by atoms with Crippen LogP contribution in [0.15, 0.2) is 54.9 Å². The molecule has 0 aromatic heterocycles. The maximum Gasteiger partial charge on any atom is 0.0208 e. The molecule has 0 aliphatic carbocycles. The summed E-state index contributed by atoms with van der Waals surface area (Å²) in [5.74, 6) is 0. The first-order valence-electron chi connectivity index (χ1n) is 5.87. The molecule has 1 aliphatic heterocycles. The third kappa shape index (κ3) is 6.63. The second kappa shape index (κ2) is 9.40. The van der Waals surface area contributed by atoms with Gasteiger partial charge in [-0.25, -0.2) is 0 Å². The predicted molar refractivity (Wildman–Crippen MR) is 103 cm³/mol. The predicted octanol–water partition coefficient (Wildman–Crippen LogP) is 6.45. The maximum atomic E-state index is 4.50. The molecule has 0 N–H and O–H groups in total. The zero-order valence-electron chi connectivity index (χ0n) is 11.2. The average Bonchev–Trinajstić information content (AvgIpc) is 2.83. The standard InChI is InChI=1S/C14H18S5/c1-4-12(17-3)7-10(15)6-11(16)8-14-9-13(5-2)18-19-14/h5-9,15-16H,4H2,1-3H3/b10-6-,11-8-,12-7-,13-5?. The van der Waals surface area contributed by atoms with E-state index < -0.39 is 0 Å². The zero-order valence-corrected chi connectivity index (χ0v) is 15.5. The van der Waals surface area contributed by atoms with Crippen LogP contribution < -0.4 is 0 Å². The summed E-state index contributed by atoms with van der Waals surface area (Å²) in [6.07, 6.45) is 13.6. The molecule has 0 saturated heterocycles. The molecular weight excluding hydrogens is 328 g/mol. The molecule has 19 heavy (non-hydrogen) atoms. The van der Waals surface area contributed by atoms with Crippen LogP contribution in [0.5, 0.6) is 0 Å². The van der Waals surface area contributed by atoms with Gasteiger partial charge in [0.2, 0.25) is 0 Å². The Hall–Kier alpha value is 0.450. The first-order valence-corrected chi connectivity index (χ1v) is 10.1. The van der Waals surface area contributed by atoms with E-state index in [4.69, 9.17) is 0 Å². The van der Waals surface area contributed by atoms with E-state index >= 15 is 0 Å². The van der Waals surface area contributed by atoms with E-state index in [9.17, 15) is 0 Å². The Morgan fingerprint density at radius 2 is 2.00 bits per heavy atom. The lowest BCUT2D eigenvalue weighted by atomic mass is 10.3. The molecule has 1 rings (SSSR count). The van der Waals surface area contributed by atoms with Crippen molar-refractivity contribution in [2.45, 2.75) is 20.3 Å². The van der Waals surface area contributed by atoms with E-state index in [1.807, 2.05) is 6.08 Å². The normalized spacial score (nSPS) is 20.2. The minimum Gasteiger partial charge on any atom is -0.143 e. The lowest BCUT2D eigenvalue weighted by molar-refractivity contribution is 1.20. The highest BCUT2D eigenvalue weighted by Gasteiger charge is 2.08. The van der Waals surface area contributed by atoms with Crippen LogP contribution in [0.2, 0.25) is 0 Å². The highest BCUT2D eigenvalue weighted by Crippen LogP contribution is 2.45. The van der Waals surface area contributed by atoms with Gasteiger partial charge >= 0.3 is 0 Å². The second-order valence-corrected chi connectivity index (χ2v) is 7.95. The van der Waals surface area contributed by atoms with E-state index in [0.717, 1.165) is 16.2 Å². The smallest absolute Gasteiger partial charge is 0.0208 e. The number of hydrogen-bond donors (Lipinski definition) is 2. The van der Waals surface area contributed by atoms with Crippen LogP contribution in [0.1, 0.15) is 20.3 Å². The summed E-state index contributed by atoms with van der Waals surface area (Å²) >= 11 is 10.8. The van der Waals surface area contributed by atoms with Crippen LogP contribution in [0.4, 0.5) is 0 Å². The topological polar surface area (TPSA) is 0 Å². The fourth-order valence-electron chi connectivity index (χ4n) is 1.33. The molecule has 0 atom stereocenters. The van der Waals surface area contributed by atoms with Crippen molar-refractivity contribution in [3.63, 3.8) is 0 Å². The molecule has 0 aromatic rings. The molecule has 0 spiro atoms. The largest absolute Gasteiger partial charge is 0.143 e. The van der Waals surface area contributed by atoms with Gasteiger partial charge in [0, 0.05) is 19.6 Å². The lowest BCUT2D eigenvalue weighted by Gasteiger charge is -2.00. The van der Waals surface area contributed by atoms with Gasteiger partial charge in [-0.3, -0.25) is 0 Å². The van der Waals surface area contributed by atoms with E-state index in [2.05, 4.69) is 69.7 Å². The van der Waals surface area contributed by atoms with Crippen LogP contribution in [0.25, 0.3) is 0 Å². The van der Waals surface area contributed by atoms with Gasteiger partial charge in [0.15, 0.2) is 0 Å². The van der Waals surface area contributed by atoms with Gasteiger partial charge in [0.25, 0.3) is 0 Å². The maximum absolute atomic E-state index is 4.50. The molecule has 0 fully saturated rings. The van der Waals surface area contributed by atoms with Gasteiger partial charge in [0.1, 0.15) is 0 Å². The Bertz CT molecular complexity index is 460. The quantitative estimate of drug-likeness (QED) is 0.333. The van der Waals surface area contributed by atoms with Crippen molar-refractivity contribution in [1.82, 2.24) is 0 Å². The summed E-state index contributed by atoms with van der Waals surface area (Å²) in [5, 5.41) is 0. The summed E-state index contributed by atoms with van der Waals surface area (Å²) in [5.41, 5.74) is 0. The lowest BCUT2D eigenvalue weighted by Crippen LogP contribution is -1.75. The van der Waals surface area contributed by atoms with Gasteiger partial charge in [-0.1, -0.05) is 34.6 Å². The molecule has 1 heterocycles. The first-order chi connectivity index (χ1) is 9.08. The summed E-state index contributed by atoms with van der Waals surface area (Å²) in [7, 11) is 3.54. The number of thioether (sulfide) groups is 1. The molecule has 0 unspecified atom stereocenters. The SMILES string of the molecule is CC=C1C=C(/C=C(S)/C=C(S)/C=C(/CC)SC)SS1. The molecule has 0 bridgehead atoms. The molecular formula is C14H18S5. The number of hydrogen-bond acceptors (Lipinski definition) is 5. The Kier molecular flexibility index (Phi) is 8.66. The Morgan fingerprint density at radius 3 is 2.53 bits per heavy atom. The van der Waals surface area contributed by atoms with E-state index in [0.29, 0.717) is 0 Å². The fraction of sp³-hybridized carbons (Fsp3) is 0.286. The minimum absolute atomic E-state index is 0.925. The molecule has 104 valence electrons. The minimum atomic E-state index is 0.925. The highest BCUT2D eigenvalue weighted by molar-refractivity contribution is 8.80. The Balaban J connectivity index is 2.78. The van der Waals surface area contributed by atoms with Crippen LogP contribution in [-0.2, 0) is 0 Å². The van der Waals surface area contributed by atoms with Crippen molar-refractivity contribution in [3.8, 4) is 0 Å². The monoisotopic (exact) mass is 346 g/mol. The zero-order chi connectivity index (χ0) is 14.3. The summed E-state index contributed by atoms with van der Waals surface area (Å²) < 4.78 is 0. The molecule has 1 aliphatic rings. The fourth-order valence-corrected chi connectivity index (χ4v) is 4.90. The van der Waals surface area contributed by atoms with Crippen molar-refractivity contribution in [3.05, 3.63) is 54.9 Å². The molecule has 0 radical (unpaired) electrons. The van der Waals surface area contributed by atoms with E-state index in [1.165, 1.54) is 14.7 Å². The molecule has 0 nitrogen and oxygen atoms in total. The Morgan fingerprint density at radius 1 is 1.26 bits per heavy atom. The molecule has 0 amide bonds. The van der Waals surface area contributed by atoms with Gasteiger partial charge in [-0.15, -0.1) is 37.0 Å². The van der Waals surface area contributed by atoms with Crippen molar-refractivity contribution in [1.29, 1.82) is 0 Å². The first kappa shape index (κ1) is 17.5. The van der Waals surface area contributed by atoms with Crippen molar-refractivity contribution < 1.29 is 0 Å². The summed E-state index contributed by atoms with van der Waals surface area (Å²) in [6, 6.07) is 0. The third-order valence-corrected chi connectivity index (χ3v) is 6.22. The van der Waals surface area contributed by atoms with E-state index in [-0.39, 0.29) is 0 Å². The van der Waals surface area contributed by atoms with Crippen molar-refractivity contribution in [2.75, 3.05) is 6.26 Å². The van der Waals surface area contributed by atoms with Crippen molar-refractivity contribution >= 4 is 58.6 Å². The number of allylic oxidation sites excluding steroid dienone is 6. The van der Waals surface area contributed by atoms with Gasteiger partial charge in [-0.05, 0) is 48.8 Å². The van der Waals surface area contributed by atoms with Crippen molar-refractivity contribution in [2.24, 2.45) is 0 Å². The van der Waals surface area contributed by atoms with Crippen LogP contribution in [0, 0.1) is 0 Å². The van der Waals surface area contributed by atoms with Crippen LogP contribution in [0.3, 0.4) is 0 Å². The number of rotatable bonds is 5. The third-order valence-electron chi connectivity index (χ3n) is 2.31. The Labute approximate surface area is 139 Å². The van der Waals surface area contributed by atoms with Gasteiger partial charge in [0.05, 0.1) is 0 Å². The molecule has 5 heteroatoms. The number of thiol groups is 2. The van der Waals surface area contributed by atoms with Crippen LogP contribution in [-0.4, -0.2) is 6.26 Å². The van der Waals surface area contributed by atoms with Gasteiger partial charge < -0.3 is 0 Å². The summed E-state index contributed by atoms with van der Waals surface area (Å²) in [4.78, 5) is 5.71. The van der Waals surface area contributed by atoms with E-state index in [1.54, 1.807) is 33.3 Å². The van der Waals surface area contributed by atoms with Gasteiger partial charge in [-0.2, -0.15) is 0 Å². The molecule has 0 saturated carbocycles. The highest BCUT2D eigenvalue weighted by atomic mass is 33.1.